The van der Waals surface area contributed by atoms with Crippen molar-refractivity contribution in [1.82, 2.24) is 4.90 Å². The molecule has 2 aliphatic rings. The van der Waals surface area contributed by atoms with Gasteiger partial charge in [-0.2, -0.15) is 0 Å². The van der Waals surface area contributed by atoms with Gasteiger partial charge in [0.25, 0.3) is 0 Å². The molecule has 1 unspecified atom stereocenters. The van der Waals surface area contributed by atoms with Gasteiger partial charge in [0.05, 0.1) is 30.9 Å². The van der Waals surface area contributed by atoms with Crippen LogP contribution in [0.25, 0.3) is 0 Å². The molecule has 0 radical (unpaired) electrons. The highest BCUT2D eigenvalue weighted by molar-refractivity contribution is 5.89. The number of benzene rings is 2. The Kier molecular flexibility index (Phi) is 8.11. The minimum atomic E-state index is -0.930. The second-order valence-electron chi connectivity index (χ2n) is 9.58. The van der Waals surface area contributed by atoms with Crippen LogP contribution in [0, 0.1) is 5.82 Å². The number of aromatic carboxylic acids is 1. The maximum atomic E-state index is 14.2. The maximum Gasteiger partial charge on any atom is 0.340 e. The molecule has 1 aliphatic carbocycles. The molecule has 0 amide bonds. The van der Waals surface area contributed by atoms with Gasteiger partial charge in [0.15, 0.2) is 0 Å². The summed E-state index contributed by atoms with van der Waals surface area (Å²) < 4.78 is 30.8. The molecule has 1 N–H and O–H groups in total. The molecule has 4 rings (SSSR count). The second kappa shape index (κ2) is 11.3. The molecular formula is C27H33FN2O6. The van der Waals surface area contributed by atoms with E-state index >= 15 is 0 Å². The molecule has 1 aliphatic heterocycles. The third-order valence-corrected chi connectivity index (χ3v) is 6.88. The first-order valence-corrected chi connectivity index (χ1v) is 12.2. The smallest absolute Gasteiger partial charge is 0.340 e. The fraction of sp³-hybridized carbons (Fsp3) is 0.481. The van der Waals surface area contributed by atoms with Crippen LogP contribution in [0.5, 0.6) is 5.75 Å². The van der Waals surface area contributed by atoms with Gasteiger partial charge >= 0.3 is 11.9 Å². The summed E-state index contributed by atoms with van der Waals surface area (Å²) in [6.07, 6.45) is 1.66. The normalized spacial score (nSPS) is 21.8. The van der Waals surface area contributed by atoms with Crippen LogP contribution in [-0.2, 0) is 9.47 Å². The summed E-state index contributed by atoms with van der Waals surface area (Å²) in [6, 6.07) is 11.8. The van der Waals surface area contributed by atoms with Gasteiger partial charge in [-0.3, -0.25) is 4.90 Å². The third-order valence-electron chi connectivity index (χ3n) is 6.88. The van der Waals surface area contributed by atoms with Crippen LogP contribution in [0.3, 0.4) is 0 Å². The number of halogens is 1. The lowest BCUT2D eigenvalue weighted by molar-refractivity contribution is -0.0415. The number of methoxy groups -OCH3 is 1. The minimum absolute atomic E-state index is 0.0175. The highest BCUT2D eigenvalue weighted by Crippen LogP contribution is 2.32. The Balaban J connectivity index is 1.31. The van der Waals surface area contributed by atoms with Gasteiger partial charge in [-0.15, -0.1) is 0 Å². The number of esters is 1. The molecule has 2 aromatic rings. The van der Waals surface area contributed by atoms with Crippen molar-refractivity contribution in [3.8, 4) is 5.75 Å². The topological polar surface area (TPSA) is 88.5 Å². The van der Waals surface area contributed by atoms with Gasteiger partial charge in [-0.25, -0.2) is 14.0 Å². The lowest BCUT2D eigenvalue weighted by Gasteiger charge is -2.46. The molecule has 8 nitrogen and oxygen atoms in total. The van der Waals surface area contributed by atoms with E-state index in [1.54, 1.807) is 18.2 Å². The monoisotopic (exact) mass is 500 g/mol. The summed E-state index contributed by atoms with van der Waals surface area (Å²) >= 11 is 0. The quantitative estimate of drug-likeness (QED) is 0.520. The molecule has 2 aromatic carbocycles. The van der Waals surface area contributed by atoms with Gasteiger partial charge in [0, 0.05) is 56.3 Å². The summed E-state index contributed by atoms with van der Waals surface area (Å²) in [5, 5.41) is 9.13. The van der Waals surface area contributed by atoms with E-state index in [2.05, 4.69) is 28.4 Å². The van der Waals surface area contributed by atoms with Crippen LogP contribution in [0.1, 0.15) is 47.4 Å². The minimum Gasteiger partial charge on any atom is -0.490 e. The molecule has 1 saturated heterocycles. The Morgan fingerprint density at radius 2 is 1.92 bits per heavy atom. The number of carbonyl (C=O) groups is 2. The van der Waals surface area contributed by atoms with Gasteiger partial charge < -0.3 is 24.2 Å². The van der Waals surface area contributed by atoms with Crippen LogP contribution in [0.15, 0.2) is 42.5 Å². The Morgan fingerprint density at radius 3 is 2.53 bits per heavy atom. The fourth-order valence-corrected chi connectivity index (χ4v) is 4.84. The van der Waals surface area contributed by atoms with Crippen molar-refractivity contribution >= 4 is 17.6 Å². The Labute approximate surface area is 210 Å². The summed E-state index contributed by atoms with van der Waals surface area (Å²) in [5.74, 6) is -1.90. The Morgan fingerprint density at radius 1 is 1.19 bits per heavy atom. The lowest BCUT2D eigenvalue weighted by atomic mass is 9.86. The number of hydrogen-bond acceptors (Lipinski definition) is 7. The standard InChI is InChI=1S/C27H33FN2O6/c1-17(2)30(16-23-15-29(10-11-35-23)19-6-4-18(5-7-19)26(31)32)20-12-22(13-20)36-21-8-9-24(25(28)14-21)27(33)34-3/h4-9,14,17,20,22-23H,10-13,15-16H2,1-3H3,(H,31,32)/t20-,22-,23?. The van der Waals surface area contributed by atoms with Crippen molar-refractivity contribution < 1.29 is 33.3 Å². The van der Waals surface area contributed by atoms with Gasteiger partial charge in [-0.05, 0) is 50.2 Å². The molecule has 1 saturated carbocycles. The first-order chi connectivity index (χ1) is 17.2. The molecular weight excluding hydrogens is 467 g/mol. The van der Waals surface area contributed by atoms with E-state index in [1.807, 2.05) is 12.1 Å². The average molecular weight is 501 g/mol. The van der Waals surface area contributed by atoms with Gasteiger partial charge in [0.2, 0.25) is 0 Å². The van der Waals surface area contributed by atoms with Crippen LogP contribution in [0.4, 0.5) is 10.1 Å². The lowest BCUT2D eigenvalue weighted by Crippen LogP contribution is -2.56. The van der Waals surface area contributed by atoms with Crippen LogP contribution < -0.4 is 9.64 Å². The average Bonchev–Trinajstić information content (AvgIpc) is 2.84. The number of hydrogen-bond donors (Lipinski definition) is 1. The Hall–Kier alpha value is -3.17. The van der Waals surface area contributed by atoms with Crippen molar-refractivity contribution in [3.63, 3.8) is 0 Å². The van der Waals surface area contributed by atoms with Crippen molar-refractivity contribution in [2.24, 2.45) is 0 Å². The second-order valence-corrected chi connectivity index (χ2v) is 9.58. The number of carboxylic acids is 1. The van der Waals surface area contributed by atoms with Gasteiger partial charge in [0.1, 0.15) is 17.7 Å². The predicted octanol–water partition coefficient (Wildman–Crippen LogP) is 3.84. The zero-order valence-electron chi connectivity index (χ0n) is 20.9. The molecule has 36 heavy (non-hydrogen) atoms. The molecule has 0 spiro atoms. The predicted molar refractivity (Wildman–Crippen MR) is 132 cm³/mol. The highest BCUT2D eigenvalue weighted by Gasteiger charge is 2.38. The summed E-state index contributed by atoms with van der Waals surface area (Å²) in [7, 11) is 1.22. The van der Waals surface area contributed by atoms with Crippen molar-refractivity contribution in [3.05, 3.63) is 59.4 Å². The zero-order chi connectivity index (χ0) is 25.8. The van der Waals surface area contributed by atoms with Crippen LogP contribution in [-0.4, -0.2) is 79.6 Å². The number of morpholine rings is 1. The third kappa shape index (κ3) is 5.96. The molecule has 1 heterocycles. The largest absolute Gasteiger partial charge is 0.490 e. The molecule has 9 heteroatoms. The molecule has 0 aromatic heterocycles. The molecule has 194 valence electrons. The zero-order valence-corrected chi connectivity index (χ0v) is 20.9. The number of carbonyl (C=O) groups excluding carboxylic acids is 1. The van der Waals surface area contributed by atoms with E-state index < -0.39 is 17.8 Å². The van der Waals surface area contributed by atoms with E-state index in [9.17, 15) is 14.0 Å². The highest BCUT2D eigenvalue weighted by atomic mass is 19.1. The first kappa shape index (κ1) is 25.9. The SMILES string of the molecule is COC(=O)c1ccc(O[C@H]2C[C@H](N(CC3CN(c4ccc(C(=O)O)cc4)CCO3)C(C)C)C2)cc1F. The summed E-state index contributed by atoms with van der Waals surface area (Å²) in [6.45, 7) is 7.21. The van der Waals surface area contributed by atoms with Crippen LogP contribution in [0.2, 0.25) is 0 Å². The molecule has 2 fully saturated rings. The van der Waals surface area contributed by atoms with E-state index in [0.29, 0.717) is 24.4 Å². The van der Waals surface area contributed by atoms with Crippen LogP contribution >= 0.6 is 0 Å². The summed E-state index contributed by atoms with van der Waals surface area (Å²) in [4.78, 5) is 27.4. The fourth-order valence-electron chi connectivity index (χ4n) is 4.84. The van der Waals surface area contributed by atoms with E-state index in [1.165, 1.54) is 19.2 Å². The Bertz CT molecular complexity index is 1070. The first-order valence-electron chi connectivity index (χ1n) is 12.2. The number of nitrogens with zero attached hydrogens (tertiary/aromatic N) is 2. The van der Waals surface area contributed by atoms with E-state index in [4.69, 9.17) is 14.6 Å². The summed E-state index contributed by atoms with van der Waals surface area (Å²) in [5.41, 5.74) is 1.16. The molecule has 1 atom stereocenters. The number of rotatable bonds is 9. The van der Waals surface area contributed by atoms with Crippen molar-refractivity contribution in [2.75, 3.05) is 38.3 Å². The van der Waals surface area contributed by atoms with E-state index in [0.717, 1.165) is 38.2 Å². The molecule has 0 bridgehead atoms. The number of anilines is 1. The number of ether oxygens (including phenoxy) is 3. The number of carboxylic acid groups (broad SMARTS) is 1. The van der Waals surface area contributed by atoms with Gasteiger partial charge in [-0.1, -0.05) is 0 Å². The van der Waals surface area contributed by atoms with Crippen molar-refractivity contribution in [1.29, 1.82) is 0 Å². The van der Waals surface area contributed by atoms with E-state index in [-0.39, 0.29) is 23.3 Å². The maximum absolute atomic E-state index is 14.2. The van der Waals surface area contributed by atoms with Crippen molar-refractivity contribution in [2.45, 2.75) is 51.0 Å².